The lowest BCUT2D eigenvalue weighted by atomic mass is 10.0. The minimum atomic E-state index is -4.16. The number of sulfonamides is 1. The number of carbonyl (C=O) groups excluding carboxylic acids is 2. The largest absolute Gasteiger partial charge is 0.352 e. The van der Waals surface area contributed by atoms with Crippen molar-refractivity contribution in [1.29, 1.82) is 0 Å². The molecule has 0 radical (unpaired) electrons. The summed E-state index contributed by atoms with van der Waals surface area (Å²) >= 11 is 3.52. The third-order valence-electron chi connectivity index (χ3n) is 8.04. The van der Waals surface area contributed by atoms with Crippen LogP contribution in [0.3, 0.4) is 0 Å². The maximum atomic E-state index is 14.7. The van der Waals surface area contributed by atoms with E-state index in [-0.39, 0.29) is 29.8 Å². The summed E-state index contributed by atoms with van der Waals surface area (Å²) in [6.07, 6.45) is 1.55. The van der Waals surface area contributed by atoms with Gasteiger partial charge in [-0.25, -0.2) is 8.42 Å². The van der Waals surface area contributed by atoms with Gasteiger partial charge in [-0.05, 0) is 73.7 Å². The Morgan fingerprint density at radius 2 is 1.50 bits per heavy atom. The zero-order valence-electron chi connectivity index (χ0n) is 26.8. The molecule has 1 N–H and O–H groups in total. The highest BCUT2D eigenvalue weighted by molar-refractivity contribution is 9.10. The van der Waals surface area contributed by atoms with Crippen LogP contribution >= 0.6 is 15.9 Å². The zero-order chi connectivity index (χ0) is 33.3. The van der Waals surface area contributed by atoms with Crippen molar-refractivity contribution in [2.45, 2.75) is 70.5 Å². The van der Waals surface area contributed by atoms with E-state index in [0.29, 0.717) is 12.1 Å². The molecule has 7 nitrogen and oxygen atoms in total. The van der Waals surface area contributed by atoms with Crippen molar-refractivity contribution in [3.8, 4) is 0 Å². The maximum absolute atomic E-state index is 14.7. The molecule has 0 spiro atoms. The van der Waals surface area contributed by atoms with E-state index in [0.717, 1.165) is 33.1 Å². The Hall–Kier alpha value is -3.95. The quantitative estimate of drug-likeness (QED) is 0.152. The molecule has 2 atom stereocenters. The van der Waals surface area contributed by atoms with E-state index in [4.69, 9.17) is 0 Å². The van der Waals surface area contributed by atoms with Crippen molar-refractivity contribution in [3.05, 3.63) is 130 Å². The second-order valence-electron chi connectivity index (χ2n) is 11.5. The van der Waals surface area contributed by atoms with Crippen LogP contribution in [0.4, 0.5) is 5.69 Å². The maximum Gasteiger partial charge on any atom is 0.264 e. The number of carbonyl (C=O) groups is 2. The summed E-state index contributed by atoms with van der Waals surface area (Å²) in [4.78, 5) is 30.3. The van der Waals surface area contributed by atoms with Gasteiger partial charge in [0.1, 0.15) is 12.6 Å². The summed E-state index contributed by atoms with van der Waals surface area (Å²) in [6.45, 7) is 7.38. The molecule has 242 valence electrons. The smallest absolute Gasteiger partial charge is 0.264 e. The van der Waals surface area contributed by atoms with Crippen molar-refractivity contribution in [2.75, 3.05) is 10.8 Å². The first-order valence-electron chi connectivity index (χ1n) is 15.6. The first-order valence-corrected chi connectivity index (χ1v) is 17.8. The Morgan fingerprint density at radius 3 is 2.15 bits per heavy atom. The molecule has 0 saturated carbocycles. The molecule has 4 rings (SSSR count). The minimum Gasteiger partial charge on any atom is -0.352 e. The Morgan fingerprint density at radius 1 is 0.848 bits per heavy atom. The van der Waals surface area contributed by atoms with Crippen molar-refractivity contribution in [2.24, 2.45) is 0 Å². The predicted molar refractivity (Wildman–Crippen MR) is 188 cm³/mol. The number of benzene rings is 4. The van der Waals surface area contributed by atoms with Crippen LogP contribution in [0.5, 0.6) is 0 Å². The normalized spacial score (nSPS) is 12.6. The summed E-state index contributed by atoms with van der Waals surface area (Å²) in [5.41, 5.74) is 3.84. The van der Waals surface area contributed by atoms with Crippen molar-refractivity contribution < 1.29 is 18.0 Å². The molecule has 0 fully saturated rings. The first-order chi connectivity index (χ1) is 22.0. The molecule has 46 heavy (non-hydrogen) atoms. The summed E-state index contributed by atoms with van der Waals surface area (Å²) < 4.78 is 30.7. The fraction of sp³-hybridized carbons (Fsp3) is 0.297. The average molecular weight is 705 g/mol. The van der Waals surface area contributed by atoms with E-state index >= 15 is 0 Å². The van der Waals surface area contributed by atoms with E-state index in [1.807, 2.05) is 94.4 Å². The van der Waals surface area contributed by atoms with Gasteiger partial charge in [0.25, 0.3) is 10.0 Å². The number of halogens is 1. The number of aryl methyl sites for hydroxylation is 2. The van der Waals surface area contributed by atoms with Gasteiger partial charge in [-0.3, -0.25) is 13.9 Å². The summed E-state index contributed by atoms with van der Waals surface area (Å²) in [7, 11) is -4.16. The number of nitrogens with zero attached hydrogens (tertiary/aromatic N) is 2. The highest BCUT2D eigenvalue weighted by atomic mass is 79.9. The van der Waals surface area contributed by atoms with Gasteiger partial charge in [0.2, 0.25) is 11.8 Å². The molecule has 0 saturated heterocycles. The van der Waals surface area contributed by atoms with Gasteiger partial charge >= 0.3 is 0 Å². The molecule has 0 aliphatic carbocycles. The van der Waals surface area contributed by atoms with Gasteiger partial charge in [0, 0.05) is 23.5 Å². The van der Waals surface area contributed by atoms with Gasteiger partial charge in [0.15, 0.2) is 0 Å². The highest BCUT2D eigenvalue weighted by Gasteiger charge is 2.35. The molecule has 0 bridgehead atoms. The topological polar surface area (TPSA) is 86.8 Å². The predicted octanol–water partition coefficient (Wildman–Crippen LogP) is 7.07. The van der Waals surface area contributed by atoms with Gasteiger partial charge in [-0.1, -0.05) is 108 Å². The van der Waals surface area contributed by atoms with Crippen molar-refractivity contribution in [1.82, 2.24) is 10.2 Å². The number of para-hydroxylation sites is 1. The third-order valence-corrected chi connectivity index (χ3v) is 10.3. The lowest BCUT2D eigenvalue weighted by Gasteiger charge is -2.34. The molecule has 0 aliphatic heterocycles. The van der Waals surface area contributed by atoms with Crippen molar-refractivity contribution >= 4 is 43.5 Å². The van der Waals surface area contributed by atoms with Crippen LogP contribution in [-0.2, 0) is 39.0 Å². The molecule has 4 aromatic carbocycles. The number of rotatable bonds is 14. The Bertz CT molecular complexity index is 1730. The van der Waals surface area contributed by atoms with Crippen LogP contribution in [0.15, 0.2) is 112 Å². The van der Waals surface area contributed by atoms with Gasteiger partial charge in [-0.2, -0.15) is 0 Å². The lowest BCUT2D eigenvalue weighted by molar-refractivity contribution is -0.140. The van der Waals surface area contributed by atoms with E-state index in [1.165, 1.54) is 9.21 Å². The van der Waals surface area contributed by atoms with Crippen LogP contribution in [-0.4, -0.2) is 43.8 Å². The van der Waals surface area contributed by atoms with Crippen LogP contribution in [0.2, 0.25) is 0 Å². The van der Waals surface area contributed by atoms with Crippen LogP contribution < -0.4 is 9.62 Å². The van der Waals surface area contributed by atoms with Gasteiger partial charge in [0.05, 0.1) is 10.6 Å². The molecule has 9 heteroatoms. The fourth-order valence-electron chi connectivity index (χ4n) is 5.23. The Labute approximate surface area is 281 Å². The molecule has 0 aliphatic rings. The monoisotopic (exact) mass is 703 g/mol. The molecule has 2 amide bonds. The molecule has 0 heterocycles. The Kier molecular flexibility index (Phi) is 12.2. The second-order valence-corrected chi connectivity index (χ2v) is 14.3. The molecular formula is C37H42BrN3O4S. The fourth-order valence-corrected chi connectivity index (χ4v) is 7.13. The number of anilines is 1. The van der Waals surface area contributed by atoms with Crippen LogP contribution in [0, 0.1) is 6.92 Å². The van der Waals surface area contributed by atoms with E-state index in [2.05, 4.69) is 21.2 Å². The zero-order valence-corrected chi connectivity index (χ0v) is 29.2. The summed E-state index contributed by atoms with van der Waals surface area (Å²) in [5.74, 6) is -0.773. The van der Waals surface area contributed by atoms with Gasteiger partial charge < -0.3 is 10.2 Å². The highest BCUT2D eigenvalue weighted by Crippen LogP contribution is 2.29. The standard InChI is InChI=1S/C37H42BrN3O4S/c1-5-28(4)39-37(43)35(24-29-13-8-7-9-14-29)40(25-30-15-12-17-32(38)23-30)36(42)26-41(34-18-11-10-16-31(34)6-2)46(44,45)33-21-19-27(3)20-22-33/h7-23,28,35H,5-6,24-26H2,1-4H3,(H,39,43)/t28-,35+/m0/s1. The van der Waals surface area contributed by atoms with Crippen LogP contribution in [0.1, 0.15) is 49.4 Å². The number of hydrogen-bond acceptors (Lipinski definition) is 4. The third kappa shape index (κ3) is 8.85. The van der Waals surface area contributed by atoms with Gasteiger partial charge in [-0.15, -0.1) is 0 Å². The van der Waals surface area contributed by atoms with Crippen molar-refractivity contribution in [3.63, 3.8) is 0 Å². The lowest BCUT2D eigenvalue weighted by Crippen LogP contribution is -2.54. The number of nitrogens with one attached hydrogen (secondary N) is 1. The second kappa shape index (κ2) is 16.1. The van der Waals surface area contributed by atoms with E-state index < -0.39 is 28.5 Å². The SMILES string of the molecule is CCc1ccccc1N(CC(=O)N(Cc1cccc(Br)c1)[C@H](Cc1ccccc1)C(=O)N[C@@H](C)CC)S(=O)(=O)c1ccc(C)cc1. The molecule has 0 aromatic heterocycles. The van der Waals surface area contributed by atoms with Crippen LogP contribution in [0.25, 0.3) is 0 Å². The van der Waals surface area contributed by atoms with E-state index in [1.54, 1.807) is 36.4 Å². The molecule has 4 aromatic rings. The summed E-state index contributed by atoms with van der Waals surface area (Å²) in [6, 6.07) is 30.0. The Balaban J connectivity index is 1.84. The van der Waals surface area contributed by atoms with E-state index in [9.17, 15) is 18.0 Å². The number of amides is 2. The molecular weight excluding hydrogens is 662 g/mol. The first kappa shape index (κ1) is 34.9. The molecule has 0 unspecified atom stereocenters. The number of hydrogen-bond donors (Lipinski definition) is 1. The summed E-state index contributed by atoms with van der Waals surface area (Å²) in [5, 5.41) is 3.07. The average Bonchev–Trinajstić information content (AvgIpc) is 3.05. The minimum absolute atomic E-state index is 0.0886.